The van der Waals surface area contributed by atoms with E-state index in [9.17, 15) is 14.0 Å². The Morgan fingerprint density at radius 2 is 1.75 bits per heavy atom. The summed E-state index contributed by atoms with van der Waals surface area (Å²) in [6.07, 6.45) is 0. The Labute approximate surface area is 170 Å². The summed E-state index contributed by atoms with van der Waals surface area (Å²) in [6.45, 7) is -0.134. The van der Waals surface area contributed by atoms with Gasteiger partial charge >= 0.3 is 0 Å². The van der Waals surface area contributed by atoms with Gasteiger partial charge in [-0.1, -0.05) is 46.3 Å². The number of hydrogen-bond donors (Lipinski definition) is 1. The van der Waals surface area contributed by atoms with Crippen molar-refractivity contribution in [3.8, 4) is 0 Å². The lowest BCUT2D eigenvalue weighted by atomic mass is 9.95. The number of anilines is 1. The number of carbonyl (C=O) groups excluding carboxylic acids is 2. The van der Waals surface area contributed by atoms with E-state index in [2.05, 4.69) is 21.2 Å². The van der Waals surface area contributed by atoms with Crippen LogP contribution in [0.5, 0.6) is 0 Å². The van der Waals surface area contributed by atoms with Crippen LogP contribution in [-0.4, -0.2) is 23.3 Å². The maximum Gasteiger partial charge on any atom is 0.255 e. The fourth-order valence-corrected chi connectivity index (χ4v) is 3.68. The van der Waals surface area contributed by atoms with Gasteiger partial charge in [-0.3, -0.25) is 9.59 Å². The highest BCUT2D eigenvalue weighted by Crippen LogP contribution is 2.37. The fraction of sp³-hybridized carbons (Fsp3) is 0.0909. The topological polar surface area (TPSA) is 49.4 Å². The molecule has 1 aliphatic rings. The van der Waals surface area contributed by atoms with E-state index in [4.69, 9.17) is 0 Å². The first kappa shape index (κ1) is 18.4. The van der Waals surface area contributed by atoms with Crippen LogP contribution < -0.4 is 5.32 Å². The van der Waals surface area contributed by atoms with Gasteiger partial charge in [0.2, 0.25) is 5.91 Å². The van der Waals surface area contributed by atoms with Gasteiger partial charge < -0.3 is 10.2 Å². The van der Waals surface area contributed by atoms with E-state index in [0.29, 0.717) is 16.8 Å². The zero-order valence-electron chi connectivity index (χ0n) is 14.7. The van der Waals surface area contributed by atoms with Crippen LogP contribution in [0.1, 0.15) is 27.5 Å². The van der Waals surface area contributed by atoms with Crippen molar-refractivity contribution in [1.29, 1.82) is 0 Å². The summed E-state index contributed by atoms with van der Waals surface area (Å²) in [4.78, 5) is 27.3. The fourth-order valence-electron chi connectivity index (χ4n) is 3.42. The monoisotopic (exact) mass is 438 g/mol. The minimum atomic E-state index is -0.595. The molecule has 0 aromatic heterocycles. The van der Waals surface area contributed by atoms with Gasteiger partial charge in [0.15, 0.2) is 0 Å². The van der Waals surface area contributed by atoms with E-state index >= 15 is 0 Å². The van der Waals surface area contributed by atoms with Crippen molar-refractivity contribution >= 4 is 33.4 Å². The molecule has 1 N–H and O–H groups in total. The number of nitrogens with zero attached hydrogens (tertiary/aromatic N) is 1. The van der Waals surface area contributed by atoms with Gasteiger partial charge in [0.25, 0.3) is 5.91 Å². The van der Waals surface area contributed by atoms with E-state index in [1.54, 1.807) is 24.3 Å². The van der Waals surface area contributed by atoms with Crippen LogP contribution in [0.3, 0.4) is 0 Å². The molecule has 4 nitrogen and oxygen atoms in total. The van der Waals surface area contributed by atoms with E-state index in [0.717, 1.165) is 10.0 Å². The van der Waals surface area contributed by atoms with Crippen LogP contribution in [0.2, 0.25) is 0 Å². The molecule has 1 heterocycles. The molecule has 6 heteroatoms. The van der Waals surface area contributed by atoms with Crippen molar-refractivity contribution in [2.45, 2.75) is 6.04 Å². The molecular formula is C22H16BrFN2O2. The molecule has 4 rings (SSSR count). The van der Waals surface area contributed by atoms with Crippen molar-refractivity contribution in [1.82, 2.24) is 4.90 Å². The molecule has 0 aliphatic carbocycles. The quantitative estimate of drug-likeness (QED) is 0.626. The van der Waals surface area contributed by atoms with Crippen molar-refractivity contribution in [3.05, 3.63) is 99.8 Å². The summed E-state index contributed by atoms with van der Waals surface area (Å²) in [5.74, 6) is -1.04. The largest absolute Gasteiger partial charge is 0.324 e. The van der Waals surface area contributed by atoms with Crippen LogP contribution in [-0.2, 0) is 4.79 Å². The summed E-state index contributed by atoms with van der Waals surface area (Å²) in [5, 5.41) is 2.79. The molecule has 0 bridgehead atoms. The molecule has 0 saturated heterocycles. The average molecular weight is 439 g/mol. The zero-order valence-corrected chi connectivity index (χ0v) is 16.3. The second-order valence-corrected chi connectivity index (χ2v) is 7.45. The minimum Gasteiger partial charge on any atom is -0.324 e. The predicted octanol–water partition coefficient (Wildman–Crippen LogP) is 4.77. The highest BCUT2D eigenvalue weighted by molar-refractivity contribution is 9.10. The summed E-state index contributed by atoms with van der Waals surface area (Å²) in [7, 11) is 0. The first-order chi connectivity index (χ1) is 13.5. The van der Waals surface area contributed by atoms with Crippen molar-refractivity contribution in [3.63, 3.8) is 0 Å². The maximum atomic E-state index is 14.1. The Bertz CT molecular complexity index is 1040. The minimum absolute atomic E-state index is 0.134. The average Bonchev–Trinajstić information content (AvgIpc) is 2.84. The molecule has 1 unspecified atom stereocenters. The number of fused-ring (bicyclic) bond motifs is 1. The van der Waals surface area contributed by atoms with Crippen LogP contribution in [0.4, 0.5) is 10.1 Å². The molecule has 1 aliphatic heterocycles. The lowest BCUT2D eigenvalue weighted by Gasteiger charge is -2.30. The molecule has 0 saturated carbocycles. The number of rotatable bonds is 2. The number of carbonyl (C=O) groups is 2. The SMILES string of the molecule is O=C1CN(C(=O)c2ccc(Br)cc2)C(c2ccccc2)c2cc(F)ccc2N1. The highest BCUT2D eigenvalue weighted by atomic mass is 79.9. The number of benzene rings is 3. The molecule has 3 aromatic carbocycles. The molecule has 28 heavy (non-hydrogen) atoms. The molecule has 0 fully saturated rings. The summed E-state index contributed by atoms with van der Waals surface area (Å²) < 4.78 is 14.9. The van der Waals surface area contributed by atoms with Gasteiger partial charge in [0.05, 0.1) is 6.04 Å². The summed E-state index contributed by atoms with van der Waals surface area (Å²) >= 11 is 3.36. The highest BCUT2D eigenvalue weighted by Gasteiger charge is 2.34. The molecule has 0 spiro atoms. The van der Waals surface area contributed by atoms with Gasteiger partial charge in [-0.25, -0.2) is 4.39 Å². The first-order valence-corrected chi connectivity index (χ1v) is 9.53. The van der Waals surface area contributed by atoms with E-state index < -0.39 is 11.9 Å². The number of amides is 2. The van der Waals surface area contributed by atoms with E-state index in [-0.39, 0.29) is 18.4 Å². The molecular weight excluding hydrogens is 423 g/mol. The third-order valence-electron chi connectivity index (χ3n) is 4.68. The Hall–Kier alpha value is -2.99. The summed E-state index contributed by atoms with van der Waals surface area (Å²) in [6, 6.07) is 19.9. The Morgan fingerprint density at radius 3 is 2.46 bits per heavy atom. The van der Waals surface area contributed by atoms with Gasteiger partial charge in [-0.15, -0.1) is 0 Å². The van der Waals surface area contributed by atoms with Crippen LogP contribution >= 0.6 is 15.9 Å². The van der Waals surface area contributed by atoms with E-state index in [1.165, 1.54) is 23.1 Å². The number of nitrogens with one attached hydrogen (secondary N) is 1. The Balaban J connectivity index is 1.88. The maximum absolute atomic E-state index is 14.1. The van der Waals surface area contributed by atoms with Gasteiger partial charge in [0, 0.05) is 21.3 Å². The smallest absolute Gasteiger partial charge is 0.255 e. The third kappa shape index (κ3) is 3.55. The lowest BCUT2D eigenvalue weighted by molar-refractivity contribution is -0.117. The van der Waals surface area contributed by atoms with Crippen molar-refractivity contribution < 1.29 is 14.0 Å². The van der Waals surface area contributed by atoms with Gasteiger partial charge in [-0.05, 0) is 48.0 Å². The zero-order chi connectivity index (χ0) is 19.7. The normalized spacial score (nSPS) is 16.1. The Kier molecular flexibility index (Phi) is 4.96. The first-order valence-electron chi connectivity index (χ1n) is 8.74. The van der Waals surface area contributed by atoms with Crippen LogP contribution in [0.25, 0.3) is 0 Å². The number of halogens is 2. The Morgan fingerprint density at radius 1 is 1.04 bits per heavy atom. The molecule has 2 amide bonds. The second-order valence-electron chi connectivity index (χ2n) is 6.53. The van der Waals surface area contributed by atoms with Gasteiger partial charge in [-0.2, -0.15) is 0 Å². The molecule has 0 radical (unpaired) electrons. The molecule has 1 atom stereocenters. The molecule has 140 valence electrons. The van der Waals surface area contributed by atoms with Crippen molar-refractivity contribution in [2.24, 2.45) is 0 Å². The molecule has 3 aromatic rings. The van der Waals surface area contributed by atoms with Crippen LogP contribution in [0, 0.1) is 5.82 Å². The van der Waals surface area contributed by atoms with Crippen molar-refractivity contribution in [2.75, 3.05) is 11.9 Å². The second kappa shape index (κ2) is 7.56. The predicted molar refractivity (Wildman–Crippen MR) is 108 cm³/mol. The number of hydrogen-bond acceptors (Lipinski definition) is 2. The summed E-state index contributed by atoms with van der Waals surface area (Å²) in [5.41, 5.74) is 2.31. The standard InChI is InChI=1S/C22H16BrFN2O2/c23-16-8-6-15(7-9-16)22(28)26-13-20(27)25-19-11-10-17(24)12-18(19)21(26)14-4-2-1-3-5-14/h1-12,21H,13H2,(H,25,27). The van der Waals surface area contributed by atoms with Gasteiger partial charge in [0.1, 0.15) is 12.4 Å². The van der Waals surface area contributed by atoms with E-state index in [1.807, 2.05) is 30.3 Å². The van der Waals surface area contributed by atoms with Crippen LogP contribution in [0.15, 0.2) is 77.3 Å². The lowest BCUT2D eigenvalue weighted by Crippen LogP contribution is -2.39. The third-order valence-corrected chi connectivity index (χ3v) is 5.20.